The van der Waals surface area contributed by atoms with Crippen molar-refractivity contribution < 1.29 is 14.3 Å². The maximum Gasteiger partial charge on any atom is 0.172 e. The molecule has 0 amide bonds. The van der Waals surface area contributed by atoms with Gasteiger partial charge >= 0.3 is 0 Å². The van der Waals surface area contributed by atoms with Gasteiger partial charge in [-0.2, -0.15) is 0 Å². The Morgan fingerprint density at radius 3 is 2.50 bits per heavy atom. The summed E-state index contributed by atoms with van der Waals surface area (Å²) in [6.45, 7) is 0.890. The molecule has 0 saturated heterocycles. The highest BCUT2D eigenvalue weighted by Gasteiger charge is 2.41. The Balaban J connectivity index is 2.21. The molecule has 1 aromatic carbocycles. The Bertz CT molecular complexity index is 511. The van der Waals surface area contributed by atoms with Gasteiger partial charge in [-0.15, -0.1) is 0 Å². The fourth-order valence-corrected chi connectivity index (χ4v) is 2.95. The molecule has 0 bridgehead atoms. The van der Waals surface area contributed by atoms with E-state index < -0.39 is 5.54 Å². The van der Waals surface area contributed by atoms with E-state index in [9.17, 15) is 4.79 Å². The standard InChI is InChI=1S/C13H14ClNO3/c14-9-6-8(7-16)11-12(18-5-4-17-11)10(9)13(15)2-1-3-13/h6-7H,1-5,15H2. The van der Waals surface area contributed by atoms with Crippen LogP contribution in [0.25, 0.3) is 0 Å². The Morgan fingerprint density at radius 1 is 1.28 bits per heavy atom. The van der Waals surface area contributed by atoms with Gasteiger partial charge in [0.2, 0.25) is 0 Å². The summed E-state index contributed by atoms with van der Waals surface area (Å²) in [4.78, 5) is 11.0. The van der Waals surface area contributed by atoms with E-state index >= 15 is 0 Å². The predicted molar refractivity (Wildman–Crippen MR) is 67.5 cm³/mol. The van der Waals surface area contributed by atoms with Crippen molar-refractivity contribution >= 4 is 17.9 Å². The highest BCUT2D eigenvalue weighted by atomic mass is 35.5. The summed E-state index contributed by atoms with van der Waals surface area (Å²) in [6.07, 6.45) is 3.57. The van der Waals surface area contributed by atoms with Gasteiger partial charge < -0.3 is 15.2 Å². The predicted octanol–water partition coefficient (Wildman–Crippen LogP) is 2.26. The normalized spacial score (nSPS) is 20.1. The molecule has 1 fully saturated rings. The molecule has 96 valence electrons. The van der Waals surface area contributed by atoms with Crippen LogP contribution < -0.4 is 15.2 Å². The number of carbonyl (C=O) groups excluding carboxylic acids is 1. The number of ether oxygens (including phenoxy) is 2. The quantitative estimate of drug-likeness (QED) is 0.835. The third kappa shape index (κ3) is 1.60. The van der Waals surface area contributed by atoms with Crippen molar-refractivity contribution in [1.82, 2.24) is 0 Å². The molecule has 1 saturated carbocycles. The Labute approximate surface area is 110 Å². The summed E-state index contributed by atoms with van der Waals surface area (Å²) >= 11 is 6.27. The van der Waals surface area contributed by atoms with Crippen molar-refractivity contribution in [1.29, 1.82) is 0 Å². The van der Waals surface area contributed by atoms with Crippen LogP contribution in [0.1, 0.15) is 35.2 Å². The fraction of sp³-hybridized carbons (Fsp3) is 0.462. The minimum absolute atomic E-state index is 0.418. The first kappa shape index (κ1) is 11.8. The van der Waals surface area contributed by atoms with E-state index in [0.29, 0.717) is 35.3 Å². The Kier molecular flexibility index (Phi) is 2.72. The SMILES string of the molecule is NC1(c2c(Cl)cc(C=O)c3c2OCCO3)CCC1. The smallest absolute Gasteiger partial charge is 0.172 e. The minimum atomic E-state index is -0.441. The van der Waals surface area contributed by atoms with Gasteiger partial charge in [0.25, 0.3) is 0 Å². The fourth-order valence-electron chi connectivity index (χ4n) is 2.56. The minimum Gasteiger partial charge on any atom is -0.486 e. The van der Waals surface area contributed by atoms with Crippen LogP contribution in [-0.4, -0.2) is 19.5 Å². The van der Waals surface area contributed by atoms with E-state index in [1.807, 2.05) is 0 Å². The molecule has 0 atom stereocenters. The molecule has 1 heterocycles. The largest absolute Gasteiger partial charge is 0.486 e. The summed E-state index contributed by atoms with van der Waals surface area (Å²) in [5, 5.41) is 0.489. The summed E-state index contributed by atoms with van der Waals surface area (Å²) in [5.41, 5.74) is 7.10. The monoisotopic (exact) mass is 267 g/mol. The molecule has 1 aromatic rings. The number of rotatable bonds is 2. The number of hydrogen-bond acceptors (Lipinski definition) is 4. The number of aldehydes is 1. The van der Waals surface area contributed by atoms with Crippen LogP contribution in [-0.2, 0) is 5.54 Å². The summed E-state index contributed by atoms with van der Waals surface area (Å²) < 4.78 is 11.2. The van der Waals surface area contributed by atoms with Gasteiger partial charge in [0.1, 0.15) is 13.2 Å². The lowest BCUT2D eigenvalue weighted by molar-refractivity contribution is 0.110. The highest BCUT2D eigenvalue weighted by Crippen LogP contribution is 2.51. The molecule has 2 N–H and O–H groups in total. The Morgan fingerprint density at radius 2 is 1.94 bits per heavy atom. The zero-order chi connectivity index (χ0) is 12.8. The molecule has 0 spiro atoms. The van der Waals surface area contributed by atoms with Gasteiger partial charge in [-0.05, 0) is 25.3 Å². The van der Waals surface area contributed by atoms with Crippen molar-refractivity contribution in [2.45, 2.75) is 24.8 Å². The van der Waals surface area contributed by atoms with Gasteiger partial charge in [0.05, 0.1) is 10.6 Å². The first-order valence-electron chi connectivity index (χ1n) is 6.02. The van der Waals surface area contributed by atoms with Crippen molar-refractivity contribution in [3.63, 3.8) is 0 Å². The second-order valence-corrected chi connectivity index (χ2v) is 5.21. The molecule has 1 aliphatic heterocycles. The molecule has 1 aliphatic carbocycles. The van der Waals surface area contributed by atoms with Crippen molar-refractivity contribution in [2.24, 2.45) is 5.73 Å². The third-order valence-electron chi connectivity index (χ3n) is 3.66. The number of nitrogens with two attached hydrogens (primary N) is 1. The number of benzene rings is 1. The topological polar surface area (TPSA) is 61.6 Å². The van der Waals surface area contributed by atoms with Crippen molar-refractivity contribution in [3.8, 4) is 11.5 Å². The number of hydrogen-bond donors (Lipinski definition) is 1. The average Bonchev–Trinajstić information content (AvgIpc) is 2.35. The second kappa shape index (κ2) is 4.14. The average molecular weight is 268 g/mol. The number of halogens is 1. The lowest BCUT2D eigenvalue weighted by atomic mass is 9.72. The number of fused-ring (bicyclic) bond motifs is 1. The zero-order valence-corrected chi connectivity index (χ0v) is 10.6. The number of carbonyl (C=O) groups is 1. The molecule has 5 heteroatoms. The molecular weight excluding hydrogens is 254 g/mol. The maximum absolute atomic E-state index is 11.0. The second-order valence-electron chi connectivity index (χ2n) is 4.81. The van der Waals surface area contributed by atoms with Gasteiger partial charge in [-0.3, -0.25) is 4.79 Å². The van der Waals surface area contributed by atoms with Crippen molar-refractivity contribution in [3.05, 3.63) is 22.2 Å². The van der Waals surface area contributed by atoms with E-state index in [4.69, 9.17) is 26.8 Å². The first-order chi connectivity index (χ1) is 8.65. The van der Waals surface area contributed by atoms with Crippen molar-refractivity contribution in [2.75, 3.05) is 13.2 Å². The van der Waals surface area contributed by atoms with Gasteiger partial charge in [-0.25, -0.2) is 0 Å². The van der Waals surface area contributed by atoms with E-state index in [1.54, 1.807) is 6.07 Å². The van der Waals surface area contributed by atoms with Crippen LogP contribution >= 0.6 is 11.6 Å². The molecule has 4 nitrogen and oxygen atoms in total. The molecule has 0 radical (unpaired) electrons. The lowest BCUT2D eigenvalue weighted by Gasteiger charge is -2.41. The Hall–Kier alpha value is -1.26. The van der Waals surface area contributed by atoms with E-state index in [1.165, 1.54) is 0 Å². The summed E-state index contributed by atoms with van der Waals surface area (Å²) in [7, 11) is 0. The molecule has 0 aromatic heterocycles. The van der Waals surface area contributed by atoms with Crippen LogP contribution in [0.2, 0.25) is 5.02 Å². The van der Waals surface area contributed by atoms with Crippen LogP contribution in [0.4, 0.5) is 0 Å². The van der Waals surface area contributed by atoms with Crippen LogP contribution in [0, 0.1) is 0 Å². The van der Waals surface area contributed by atoms with Gasteiger partial charge in [0.15, 0.2) is 17.8 Å². The van der Waals surface area contributed by atoms with Gasteiger partial charge in [-0.1, -0.05) is 11.6 Å². The summed E-state index contributed by atoms with van der Waals surface area (Å²) in [6, 6.07) is 1.62. The van der Waals surface area contributed by atoms with Crippen LogP contribution in [0.15, 0.2) is 6.07 Å². The van der Waals surface area contributed by atoms with E-state index in [-0.39, 0.29) is 0 Å². The third-order valence-corrected chi connectivity index (χ3v) is 3.96. The molecule has 0 unspecified atom stereocenters. The zero-order valence-electron chi connectivity index (χ0n) is 9.87. The first-order valence-corrected chi connectivity index (χ1v) is 6.40. The van der Waals surface area contributed by atoms with E-state index in [2.05, 4.69) is 0 Å². The molecule has 18 heavy (non-hydrogen) atoms. The lowest BCUT2D eigenvalue weighted by Crippen LogP contribution is -2.44. The van der Waals surface area contributed by atoms with Crippen LogP contribution in [0.5, 0.6) is 11.5 Å². The highest BCUT2D eigenvalue weighted by molar-refractivity contribution is 6.32. The van der Waals surface area contributed by atoms with Crippen LogP contribution in [0.3, 0.4) is 0 Å². The molecule has 3 rings (SSSR count). The van der Waals surface area contributed by atoms with Gasteiger partial charge in [0, 0.05) is 11.1 Å². The van der Waals surface area contributed by atoms with E-state index in [0.717, 1.165) is 31.1 Å². The summed E-state index contributed by atoms with van der Waals surface area (Å²) in [5.74, 6) is 1.03. The maximum atomic E-state index is 11.0. The molecule has 2 aliphatic rings. The molecular formula is C13H14ClNO3.